The van der Waals surface area contributed by atoms with Crippen LogP contribution in [-0.4, -0.2) is 25.8 Å². The molecule has 0 aliphatic heterocycles. The molecule has 0 heterocycles. The van der Waals surface area contributed by atoms with E-state index < -0.39 is 4.75 Å². The average Bonchev–Trinajstić information content (AvgIpc) is 2.86. The van der Waals surface area contributed by atoms with Gasteiger partial charge < -0.3 is 9.47 Å². The zero-order valence-electron chi connectivity index (χ0n) is 15.4. The van der Waals surface area contributed by atoms with Crippen molar-refractivity contribution in [3.8, 4) is 5.40 Å². The Morgan fingerprint density at radius 1 is 1.50 bits per heavy atom. The van der Waals surface area contributed by atoms with Crippen LogP contribution in [0.15, 0.2) is 22.7 Å². The van der Waals surface area contributed by atoms with Gasteiger partial charge >= 0.3 is 5.97 Å². The molecule has 1 aromatic rings. The van der Waals surface area contributed by atoms with Gasteiger partial charge in [-0.05, 0) is 73.5 Å². The zero-order valence-corrected chi connectivity index (χ0v) is 17.8. The van der Waals surface area contributed by atoms with E-state index in [4.69, 9.17) is 9.47 Å². The second kappa shape index (κ2) is 7.53. The van der Waals surface area contributed by atoms with Gasteiger partial charge in [0.25, 0.3) is 0 Å². The molecule has 26 heavy (non-hydrogen) atoms. The van der Waals surface area contributed by atoms with E-state index in [9.17, 15) is 10.1 Å². The molecule has 0 radical (unpaired) electrons. The summed E-state index contributed by atoms with van der Waals surface area (Å²) in [5, 5.41) is 11.9. The largest absolute Gasteiger partial charge is 0.465 e. The summed E-state index contributed by atoms with van der Waals surface area (Å²) >= 11 is 4.61. The number of fused-ring (bicyclic) bond motifs is 1. The van der Waals surface area contributed by atoms with Gasteiger partial charge in [-0.2, -0.15) is 5.26 Å². The van der Waals surface area contributed by atoms with Crippen molar-refractivity contribution < 1.29 is 14.3 Å². The molecule has 0 amide bonds. The van der Waals surface area contributed by atoms with Crippen LogP contribution in [0.5, 0.6) is 0 Å². The molecule has 1 unspecified atom stereocenters. The first-order valence-corrected chi connectivity index (χ1v) is 10.6. The lowest BCUT2D eigenvalue weighted by Crippen LogP contribution is -2.51. The molecule has 1 fully saturated rings. The minimum absolute atomic E-state index is 0.197. The molecule has 3 rings (SSSR count). The number of hydrogen-bond donors (Lipinski definition) is 0. The number of hydrogen-bond acceptors (Lipinski definition) is 5. The van der Waals surface area contributed by atoms with E-state index in [0.29, 0.717) is 12.5 Å². The maximum Gasteiger partial charge on any atom is 0.328 e. The summed E-state index contributed by atoms with van der Waals surface area (Å²) in [5.74, 6) is 0.0334. The first-order valence-electron chi connectivity index (χ1n) is 9.00. The molecule has 1 spiro atoms. The fourth-order valence-electron chi connectivity index (χ4n) is 5.02. The Balaban J connectivity index is 2.18. The van der Waals surface area contributed by atoms with Crippen LogP contribution in [0.3, 0.4) is 0 Å². The van der Waals surface area contributed by atoms with Gasteiger partial charge in [-0.3, -0.25) is 4.79 Å². The van der Waals surface area contributed by atoms with Crippen LogP contribution < -0.4 is 0 Å². The molecular formula is C20H24BrNO3S. The molecule has 4 atom stereocenters. The van der Waals surface area contributed by atoms with Crippen molar-refractivity contribution in [2.75, 3.05) is 13.7 Å². The summed E-state index contributed by atoms with van der Waals surface area (Å²) < 4.78 is 11.1. The fraction of sp³-hybridized carbons (Fsp3) is 0.600. The molecule has 1 saturated carbocycles. The van der Waals surface area contributed by atoms with E-state index in [1.165, 1.54) is 0 Å². The van der Waals surface area contributed by atoms with Gasteiger partial charge in [-0.15, -0.1) is 0 Å². The van der Waals surface area contributed by atoms with Crippen LogP contribution in [-0.2, 0) is 25.4 Å². The van der Waals surface area contributed by atoms with Crippen LogP contribution in [0.1, 0.15) is 44.2 Å². The number of thiocyanates is 1. The normalized spacial score (nSPS) is 32.9. The third-order valence-electron chi connectivity index (χ3n) is 6.05. The van der Waals surface area contributed by atoms with Gasteiger partial charge in [0.2, 0.25) is 0 Å². The lowest BCUT2D eigenvalue weighted by molar-refractivity contribution is -0.152. The molecule has 2 aliphatic rings. The highest BCUT2D eigenvalue weighted by Crippen LogP contribution is 2.65. The predicted molar refractivity (Wildman–Crippen MR) is 106 cm³/mol. The van der Waals surface area contributed by atoms with Crippen LogP contribution in [0.4, 0.5) is 0 Å². The van der Waals surface area contributed by atoms with E-state index in [0.717, 1.165) is 53.0 Å². The molecule has 0 aromatic heterocycles. The van der Waals surface area contributed by atoms with Crippen molar-refractivity contribution in [1.82, 2.24) is 0 Å². The van der Waals surface area contributed by atoms with Crippen LogP contribution >= 0.6 is 27.7 Å². The Morgan fingerprint density at radius 3 is 2.88 bits per heavy atom. The predicted octanol–water partition coefficient (Wildman–Crippen LogP) is 4.80. The Morgan fingerprint density at radius 2 is 2.27 bits per heavy atom. The van der Waals surface area contributed by atoms with Crippen molar-refractivity contribution in [3.05, 3.63) is 33.8 Å². The first-order chi connectivity index (χ1) is 12.4. The molecule has 1 aromatic carbocycles. The van der Waals surface area contributed by atoms with Gasteiger partial charge in [0, 0.05) is 17.0 Å². The molecule has 140 valence electrons. The third kappa shape index (κ3) is 2.89. The molecule has 0 saturated heterocycles. The van der Waals surface area contributed by atoms with Crippen molar-refractivity contribution in [1.29, 1.82) is 5.26 Å². The van der Waals surface area contributed by atoms with E-state index in [1.54, 1.807) is 7.11 Å². The van der Waals surface area contributed by atoms with Crippen LogP contribution in [0.25, 0.3) is 0 Å². The second-order valence-electron chi connectivity index (χ2n) is 7.35. The number of ether oxygens (including phenoxy) is 2. The number of halogens is 1. The summed E-state index contributed by atoms with van der Waals surface area (Å²) in [4.78, 5) is 13.3. The second-order valence-corrected chi connectivity index (χ2v) is 9.26. The number of benzene rings is 1. The lowest BCUT2D eigenvalue weighted by Gasteiger charge is -2.48. The van der Waals surface area contributed by atoms with Gasteiger partial charge in [-0.1, -0.05) is 28.9 Å². The summed E-state index contributed by atoms with van der Waals surface area (Å²) in [7, 11) is 1.75. The SMILES string of the molecule is CCOC(=O)C1(SC#N)c2cc(Br)ccc2C[C@@]12CC[C@H](OC)[C@@H](C)C2. The lowest BCUT2D eigenvalue weighted by atomic mass is 9.62. The van der Waals surface area contributed by atoms with Gasteiger partial charge in [0.15, 0.2) is 4.75 Å². The summed E-state index contributed by atoms with van der Waals surface area (Å²) in [5.41, 5.74) is 1.75. The number of carbonyl (C=O) groups is 1. The minimum atomic E-state index is -0.982. The van der Waals surface area contributed by atoms with Crippen molar-refractivity contribution in [2.24, 2.45) is 11.3 Å². The quantitative estimate of drug-likeness (QED) is 0.499. The van der Waals surface area contributed by atoms with Crippen molar-refractivity contribution in [2.45, 2.75) is 50.4 Å². The van der Waals surface area contributed by atoms with Gasteiger partial charge in [0.05, 0.1) is 12.7 Å². The molecule has 0 bridgehead atoms. The number of rotatable bonds is 4. The standard InChI is InChI=1S/C20H24BrNO3S/c1-4-25-18(23)20(26-12-22)16-9-15(21)6-5-14(16)11-19(20)8-7-17(24-3)13(2)10-19/h5-6,9,13,17H,4,7-8,10-11H2,1-3H3/t13-,17-,19-,20?/m0/s1. The number of nitriles is 1. The molecule has 4 nitrogen and oxygen atoms in total. The summed E-state index contributed by atoms with van der Waals surface area (Å²) in [6, 6.07) is 6.08. The maximum absolute atomic E-state index is 13.3. The van der Waals surface area contributed by atoms with E-state index >= 15 is 0 Å². The number of carbonyl (C=O) groups excluding carboxylic acids is 1. The van der Waals surface area contributed by atoms with Crippen LogP contribution in [0.2, 0.25) is 0 Å². The van der Waals surface area contributed by atoms with E-state index in [1.807, 2.05) is 19.1 Å². The molecular weight excluding hydrogens is 414 g/mol. The van der Waals surface area contributed by atoms with E-state index in [-0.39, 0.29) is 17.5 Å². The first kappa shape index (κ1) is 19.7. The highest BCUT2D eigenvalue weighted by atomic mass is 79.9. The Hall–Kier alpha value is -1.03. The average molecular weight is 438 g/mol. The third-order valence-corrected chi connectivity index (χ3v) is 7.76. The molecule has 0 N–H and O–H groups in total. The topological polar surface area (TPSA) is 59.3 Å². The monoisotopic (exact) mass is 437 g/mol. The fourth-order valence-corrected chi connectivity index (χ4v) is 6.44. The van der Waals surface area contributed by atoms with Crippen molar-refractivity contribution in [3.63, 3.8) is 0 Å². The molecule has 6 heteroatoms. The zero-order chi connectivity index (χ0) is 18.9. The number of nitrogens with zero attached hydrogens (tertiary/aromatic N) is 1. The number of thioether (sulfide) groups is 1. The Bertz CT molecular complexity index is 749. The number of methoxy groups -OCH3 is 1. The Kier molecular flexibility index (Phi) is 5.72. The highest BCUT2D eigenvalue weighted by Gasteiger charge is 2.65. The number of esters is 1. The summed E-state index contributed by atoms with van der Waals surface area (Å²) in [6.45, 7) is 4.31. The summed E-state index contributed by atoms with van der Waals surface area (Å²) in [6.07, 6.45) is 3.56. The van der Waals surface area contributed by atoms with E-state index in [2.05, 4.69) is 34.3 Å². The smallest absolute Gasteiger partial charge is 0.328 e. The van der Waals surface area contributed by atoms with Gasteiger partial charge in [0.1, 0.15) is 5.40 Å². The van der Waals surface area contributed by atoms with Crippen molar-refractivity contribution >= 4 is 33.7 Å². The van der Waals surface area contributed by atoms with Crippen LogP contribution in [0, 0.1) is 22.0 Å². The molecule has 2 aliphatic carbocycles. The van der Waals surface area contributed by atoms with Gasteiger partial charge in [-0.25, -0.2) is 0 Å². The maximum atomic E-state index is 13.3. The minimum Gasteiger partial charge on any atom is -0.465 e. The Labute approximate surface area is 167 Å². The highest BCUT2D eigenvalue weighted by molar-refractivity contribution is 9.10.